The molecular weight excluding hydrogens is 302 g/mol. The summed E-state index contributed by atoms with van der Waals surface area (Å²) in [5, 5.41) is 0.699. The highest BCUT2D eigenvalue weighted by Crippen LogP contribution is 2.19. The molecule has 3 aromatic rings. The molecule has 2 heterocycles. The lowest BCUT2D eigenvalue weighted by Crippen LogP contribution is -2.17. The molecule has 4 N–H and O–H groups in total. The van der Waals surface area contributed by atoms with Crippen LogP contribution in [0.15, 0.2) is 30.5 Å². The SMILES string of the molecule is CN(Cc1cnc2nc(N)nc(N)c2n1)c1ccc(Cl)cc1. The maximum Gasteiger partial charge on any atom is 0.224 e. The monoisotopic (exact) mass is 315 g/mol. The van der Waals surface area contributed by atoms with Crippen molar-refractivity contribution in [1.82, 2.24) is 19.9 Å². The minimum atomic E-state index is 0.0883. The van der Waals surface area contributed by atoms with Crippen molar-refractivity contribution in [3.63, 3.8) is 0 Å². The molecule has 0 unspecified atom stereocenters. The molecule has 112 valence electrons. The van der Waals surface area contributed by atoms with Gasteiger partial charge < -0.3 is 16.4 Å². The molecule has 0 amide bonds. The van der Waals surface area contributed by atoms with Gasteiger partial charge in [0.25, 0.3) is 0 Å². The normalized spacial score (nSPS) is 10.8. The van der Waals surface area contributed by atoms with E-state index < -0.39 is 0 Å². The lowest BCUT2D eigenvalue weighted by Gasteiger charge is -2.18. The van der Waals surface area contributed by atoms with E-state index in [1.807, 2.05) is 36.2 Å². The van der Waals surface area contributed by atoms with Crippen LogP contribution in [0.2, 0.25) is 5.02 Å². The van der Waals surface area contributed by atoms with Crippen LogP contribution in [0, 0.1) is 0 Å². The standard InChI is InChI=1S/C14H14ClN7/c1-22(10-4-2-8(15)3-5-10)7-9-6-18-13-11(19-9)12(16)20-14(17)21-13/h2-6H,7H2,1H3,(H4,16,17,18,20,21). The first-order valence-electron chi connectivity index (χ1n) is 6.54. The summed E-state index contributed by atoms with van der Waals surface area (Å²) in [6.07, 6.45) is 1.65. The Labute approximate surface area is 132 Å². The van der Waals surface area contributed by atoms with E-state index in [9.17, 15) is 0 Å². The molecule has 0 aliphatic carbocycles. The Hall–Kier alpha value is -2.67. The maximum atomic E-state index is 5.89. The van der Waals surface area contributed by atoms with Gasteiger partial charge in [0.05, 0.1) is 18.4 Å². The van der Waals surface area contributed by atoms with Crippen LogP contribution in [0.5, 0.6) is 0 Å². The van der Waals surface area contributed by atoms with Crippen molar-refractivity contribution in [1.29, 1.82) is 0 Å². The average molecular weight is 316 g/mol. The van der Waals surface area contributed by atoms with Crippen molar-refractivity contribution in [2.75, 3.05) is 23.4 Å². The van der Waals surface area contributed by atoms with Gasteiger partial charge in [-0.25, -0.2) is 9.97 Å². The number of aromatic nitrogens is 4. The first kappa shape index (κ1) is 14.3. The summed E-state index contributed by atoms with van der Waals surface area (Å²) >= 11 is 5.89. The fraction of sp³-hybridized carbons (Fsp3) is 0.143. The van der Waals surface area contributed by atoms with Gasteiger partial charge in [0, 0.05) is 17.8 Å². The Morgan fingerprint density at radius 3 is 2.55 bits per heavy atom. The van der Waals surface area contributed by atoms with Gasteiger partial charge in [0.1, 0.15) is 0 Å². The zero-order chi connectivity index (χ0) is 15.7. The summed E-state index contributed by atoms with van der Waals surface area (Å²) in [7, 11) is 1.96. The molecule has 0 saturated carbocycles. The molecule has 0 atom stereocenters. The zero-order valence-corrected chi connectivity index (χ0v) is 12.6. The molecule has 2 aromatic heterocycles. The smallest absolute Gasteiger partial charge is 0.224 e. The molecule has 7 nitrogen and oxygen atoms in total. The van der Waals surface area contributed by atoms with Crippen molar-refractivity contribution in [3.8, 4) is 0 Å². The molecule has 0 aliphatic rings. The van der Waals surface area contributed by atoms with Crippen LogP contribution in [-0.4, -0.2) is 27.0 Å². The van der Waals surface area contributed by atoms with Crippen molar-refractivity contribution in [2.45, 2.75) is 6.54 Å². The molecule has 0 saturated heterocycles. The molecule has 22 heavy (non-hydrogen) atoms. The van der Waals surface area contributed by atoms with Gasteiger partial charge in [-0.3, -0.25) is 0 Å². The quantitative estimate of drug-likeness (QED) is 0.759. The maximum absolute atomic E-state index is 5.89. The number of hydrogen-bond acceptors (Lipinski definition) is 7. The first-order valence-corrected chi connectivity index (χ1v) is 6.92. The van der Waals surface area contributed by atoms with E-state index in [0.29, 0.717) is 22.7 Å². The number of benzene rings is 1. The summed E-state index contributed by atoms with van der Waals surface area (Å²) < 4.78 is 0. The van der Waals surface area contributed by atoms with E-state index in [1.165, 1.54) is 0 Å². The summed E-state index contributed by atoms with van der Waals surface area (Å²) in [6, 6.07) is 7.56. The van der Waals surface area contributed by atoms with Gasteiger partial charge >= 0.3 is 0 Å². The third kappa shape index (κ3) is 2.84. The predicted molar refractivity (Wildman–Crippen MR) is 87.5 cm³/mol. The zero-order valence-electron chi connectivity index (χ0n) is 11.9. The minimum Gasteiger partial charge on any atom is -0.382 e. The van der Waals surface area contributed by atoms with Gasteiger partial charge in [-0.15, -0.1) is 0 Å². The number of hydrogen-bond donors (Lipinski definition) is 2. The van der Waals surface area contributed by atoms with E-state index in [1.54, 1.807) is 6.20 Å². The van der Waals surface area contributed by atoms with Crippen LogP contribution in [0.3, 0.4) is 0 Å². The highest BCUT2D eigenvalue weighted by atomic mass is 35.5. The highest BCUT2D eigenvalue weighted by molar-refractivity contribution is 6.30. The molecular formula is C14H14ClN7. The second-order valence-corrected chi connectivity index (χ2v) is 5.27. The van der Waals surface area contributed by atoms with Crippen LogP contribution in [0.1, 0.15) is 5.69 Å². The van der Waals surface area contributed by atoms with Gasteiger partial charge in [0.15, 0.2) is 17.0 Å². The lowest BCUT2D eigenvalue weighted by atomic mass is 10.3. The van der Waals surface area contributed by atoms with Crippen molar-refractivity contribution in [3.05, 3.63) is 41.2 Å². The van der Waals surface area contributed by atoms with E-state index in [0.717, 1.165) is 11.4 Å². The number of fused-ring (bicyclic) bond motifs is 1. The number of rotatable bonds is 3. The van der Waals surface area contributed by atoms with Crippen LogP contribution in [0.25, 0.3) is 11.2 Å². The Kier molecular flexibility index (Phi) is 3.64. The summed E-state index contributed by atoms with van der Waals surface area (Å²) in [5.41, 5.74) is 14.0. The molecule has 8 heteroatoms. The van der Waals surface area contributed by atoms with Gasteiger partial charge in [-0.1, -0.05) is 11.6 Å². The Morgan fingerprint density at radius 1 is 1.09 bits per heavy atom. The molecule has 0 bridgehead atoms. The fourth-order valence-electron chi connectivity index (χ4n) is 2.09. The second-order valence-electron chi connectivity index (χ2n) is 4.83. The fourth-order valence-corrected chi connectivity index (χ4v) is 2.21. The Bertz CT molecular complexity index is 819. The van der Waals surface area contributed by atoms with Crippen LogP contribution in [-0.2, 0) is 6.54 Å². The number of nitrogens with zero attached hydrogens (tertiary/aromatic N) is 5. The van der Waals surface area contributed by atoms with E-state index in [4.69, 9.17) is 23.1 Å². The minimum absolute atomic E-state index is 0.0883. The van der Waals surface area contributed by atoms with Crippen LogP contribution >= 0.6 is 11.6 Å². The largest absolute Gasteiger partial charge is 0.382 e. The number of halogens is 1. The number of nitrogen functional groups attached to an aromatic ring is 2. The summed E-state index contributed by atoms with van der Waals surface area (Å²) in [6.45, 7) is 0.564. The predicted octanol–water partition coefficient (Wildman–Crippen LogP) is 1.87. The van der Waals surface area contributed by atoms with E-state index in [2.05, 4.69) is 19.9 Å². The third-order valence-electron chi connectivity index (χ3n) is 3.17. The first-order chi connectivity index (χ1) is 10.5. The van der Waals surface area contributed by atoms with Gasteiger partial charge in [-0.2, -0.15) is 9.97 Å². The van der Waals surface area contributed by atoms with Crippen molar-refractivity contribution in [2.24, 2.45) is 0 Å². The summed E-state index contributed by atoms with van der Waals surface area (Å²) in [5.74, 6) is 0.316. The molecule has 0 aliphatic heterocycles. The van der Waals surface area contributed by atoms with E-state index in [-0.39, 0.29) is 11.8 Å². The number of anilines is 3. The second kappa shape index (κ2) is 5.61. The number of nitrogens with two attached hydrogens (primary N) is 2. The molecule has 0 radical (unpaired) electrons. The average Bonchev–Trinajstić information content (AvgIpc) is 2.48. The van der Waals surface area contributed by atoms with Crippen molar-refractivity contribution >= 4 is 40.2 Å². The molecule has 0 fully saturated rings. The Balaban J connectivity index is 1.89. The molecule has 1 aromatic carbocycles. The van der Waals surface area contributed by atoms with Crippen LogP contribution < -0.4 is 16.4 Å². The molecule has 3 rings (SSSR count). The molecule has 0 spiro atoms. The van der Waals surface area contributed by atoms with Gasteiger partial charge in [0.2, 0.25) is 5.95 Å². The Morgan fingerprint density at radius 2 is 1.82 bits per heavy atom. The summed E-state index contributed by atoms with van der Waals surface area (Å²) in [4.78, 5) is 18.6. The van der Waals surface area contributed by atoms with E-state index >= 15 is 0 Å². The highest BCUT2D eigenvalue weighted by Gasteiger charge is 2.09. The lowest BCUT2D eigenvalue weighted by molar-refractivity contribution is 0.882. The topological polar surface area (TPSA) is 107 Å². The third-order valence-corrected chi connectivity index (χ3v) is 3.42. The van der Waals surface area contributed by atoms with Gasteiger partial charge in [-0.05, 0) is 24.3 Å². The van der Waals surface area contributed by atoms with Crippen LogP contribution in [0.4, 0.5) is 17.5 Å². The van der Waals surface area contributed by atoms with Crippen molar-refractivity contribution < 1.29 is 0 Å².